The normalized spacial score (nSPS) is 11.7. The van der Waals surface area contributed by atoms with Crippen molar-refractivity contribution in [3.8, 4) is 0 Å². The molecule has 0 amide bonds. The molecule has 116 valence electrons. The highest BCUT2D eigenvalue weighted by atomic mass is 16.5. The van der Waals surface area contributed by atoms with Gasteiger partial charge in [-0.2, -0.15) is 0 Å². The van der Waals surface area contributed by atoms with E-state index in [1.54, 1.807) is 0 Å². The van der Waals surface area contributed by atoms with Gasteiger partial charge in [0.05, 0.1) is 19.7 Å². The Balaban J connectivity index is 3.72. The van der Waals surface area contributed by atoms with Gasteiger partial charge in [0.25, 0.3) is 0 Å². The molecule has 0 aromatic heterocycles. The molecule has 0 spiro atoms. The third-order valence-corrected chi connectivity index (χ3v) is 3.19. The molecule has 0 N–H and O–H groups in total. The molecule has 0 aromatic rings. The molecule has 0 aliphatic carbocycles. The van der Waals surface area contributed by atoms with E-state index in [0.29, 0.717) is 13.1 Å². The van der Waals surface area contributed by atoms with Gasteiger partial charge in [-0.25, -0.2) is 0 Å². The number of carbonyl (C=O) groups is 1. The van der Waals surface area contributed by atoms with E-state index >= 15 is 0 Å². The first kappa shape index (κ1) is 18.9. The summed E-state index contributed by atoms with van der Waals surface area (Å²) in [5.74, 6) is 0.983. The predicted molar refractivity (Wildman–Crippen MR) is 85.8 cm³/mol. The number of ether oxygens (including phenoxy) is 1. The van der Waals surface area contributed by atoms with Crippen molar-refractivity contribution in [2.24, 2.45) is 0 Å². The van der Waals surface area contributed by atoms with Crippen molar-refractivity contribution in [1.29, 1.82) is 0 Å². The summed E-state index contributed by atoms with van der Waals surface area (Å²) in [5.41, 5.74) is 0. The molecule has 3 nitrogen and oxygen atoms in total. The third kappa shape index (κ3) is 10.8. The van der Waals surface area contributed by atoms with Crippen molar-refractivity contribution in [2.75, 3.05) is 26.7 Å². The fourth-order valence-electron chi connectivity index (χ4n) is 1.96. The fourth-order valence-corrected chi connectivity index (χ4v) is 1.96. The minimum atomic E-state index is 0.0406. The quantitative estimate of drug-likeness (QED) is 0.291. The number of rotatable bonds is 13. The Morgan fingerprint density at radius 3 is 2.40 bits per heavy atom. The summed E-state index contributed by atoms with van der Waals surface area (Å²) < 4.78 is 5.77. The molecule has 0 aliphatic heterocycles. The Bertz CT molecular complexity index is 297. The number of allylic oxidation sites excluding steroid dienone is 1. The van der Waals surface area contributed by atoms with E-state index in [2.05, 4.69) is 13.5 Å². The van der Waals surface area contributed by atoms with Crippen LogP contribution in [0.4, 0.5) is 0 Å². The van der Waals surface area contributed by atoms with E-state index in [9.17, 15) is 4.79 Å². The van der Waals surface area contributed by atoms with Gasteiger partial charge in [0.15, 0.2) is 5.78 Å². The lowest BCUT2D eigenvalue weighted by atomic mass is 10.1. The van der Waals surface area contributed by atoms with Crippen LogP contribution in [0.25, 0.3) is 0 Å². The largest absolute Gasteiger partial charge is 0.497 e. The number of unbranched alkanes of at least 4 members (excludes halogenated alkanes) is 5. The molecule has 20 heavy (non-hydrogen) atoms. The highest BCUT2D eigenvalue weighted by Crippen LogP contribution is 2.07. The summed E-state index contributed by atoms with van der Waals surface area (Å²) in [6, 6.07) is 0. The number of likely N-dealkylation sites (N-methyl/N-ethyl adjacent to an activating group) is 1. The average molecular weight is 281 g/mol. The summed E-state index contributed by atoms with van der Waals surface area (Å²) in [7, 11) is 1.92. The minimum absolute atomic E-state index is 0.0406. The van der Waals surface area contributed by atoms with Crippen LogP contribution in [0.5, 0.6) is 0 Å². The Hall–Kier alpha value is -1.09. The van der Waals surface area contributed by atoms with Crippen molar-refractivity contribution in [2.45, 2.75) is 52.4 Å². The SMILES string of the molecule is C=CC(=O)CN(C)C/C(=C\C)OCCCCCCCC. The standard InChI is InChI=1S/C17H31NO2/c1-5-8-9-10-11-12-13-20-17(7-3)15-18(4)14-16(19)6-2/h6-7H,2,5,8-15H2,1,3-4H3/b17-7+. The lowest BCUT2D eigenvalue weighted by molar-refractivity contribution is -0.115. The molecule has 3 heteroatoms. The Morgan fingerprint density at radius 2 is 1.80 bits per heavy atom. The molecule has 0 atom stereocenters. The Kier molecular flexibility index (Phi) is 12.2. The van der Waals surface area contributed by atoms with E-state index in [-0.39, 0.29) is 5.78 Å². The summed E-state index contributed by atoms with van der Waals surface area (Å²) in [6.07, 6.45) is 10.9. The van der Waals surface area contributed by atoms with Gasteiger partial charge < -0.3 is 4.74 Å². The molecule has 0 unspecified atom stereocenters. The zero-order valence-corrected chi connectivity index (χ0v) is 13.5. The average Bonchev–Trinajstić information content (AvgIpc) is 2.44. The van der Waals surface area contributed by atoms with Crippen LogP contribution in [0, 0.1) is 0 Å². The van der Waals surface area contributed by atoms with E-state index in [0.717, 1.165) is 18.8 Å². The van der Waals surface area contributed by atoms with E-state index < -0.39 is 0 Å². The van der Waals surface area contributed by atoms with Gasteiger partial charge in [0.1, 0.15) is 5.76 Å². The number of hydrogen-bond acceptors (Lipinski definition) is 3. The zero-order chi connectivity index (χ0) is 15.2. The lowest BCUT2D eigenvalue weighted by Crippen LogP contribution is -2.27. The summed E-state index contributed by atoms with van der Waals surface area (Å²) in [6.45, 7) is 9.52. The van der Waals surface area contributed by atoms with Crippen molar-refractivity contribution >= 4 is 5.78 Å². The van der Waals surface area contributed by atoms with Gasteiger partial charge in [-0.1, -0.05) is 45.6 Å². The molecule has 0 radical (unpaired) electrons. The predicted octanol–water partition coefficient (Wildman–Crippen LogP) is 3.95. The monoisotopic (exact) mass is 281 g/mol. The first-order valence-corrected chi connectivity index (χ1v) is 7.75. The van der Waals surface area contributed by atoms with Crippen LogP contribution in [0.3, 0.4) is 0 Å². The zero-order valence-electron chi connectivity index (χ0n) is 13.5. The molecule has 0 heterocycles. The minimum Gasteiger partial charge on any atom is -0.497 e. The molecule has 0 fully saturated rings. The number of carbonyl (C=O) groups excluding carboxylic acids is 1. The van der Waals surface area contributed by atoms with Gasteiger partial charge in [-0.15, -0.1) is 0 Å². The molecule has 0 rings (SSSR count). The van der Waals surface area contributed by atoms with Crippen molar-refractivity contribution in [3.63, 3.8) is 0 Å². The number of nitrogens with zero attached hydrogens (tertiary/aromatic N) is 1. The van der Waals surface area contributed by atoms with Gasteiger partial charge >= 0.3 is 0 Å². The molecular weight excluding hydrogens is 250 g/mol. The second-order valence-electron chi connectivity index (χ2n) is 5.21. The van der Waals surface area contributed by atoms with Crippen LogP contribution in [-0.4, -0.2) is 37.4 Å². The maximum Gasteiger partial charge on any atom is 0.169 e. The van der Waals surface area contributed by atoms with E-state index in [1.807, 2.05) is 24.9 Å². The van der Waals surface area contributed by atoms with Gasteiger partial charge in [-0.3, -0.25) is 9.69 Å². The van der Waals surface area contributed by atoms with Crippen molar-refractivity contribution < 1.29 is 9.53 Å². The highest BCUT2D eigenvalue weighted by molar-refractivity contribution is 5.90. The van der Waals surface area contributed by atoms with E-state index in [1.165, 1.54) is 38.2 Å². The van der Waals surface area contributed by atoms with Crippen LogP contribution in [0.15, 0.2) is 24.5 Å². The molecule has 0 aliphatic rings. The fraction of sp³-hybridized carbons (Fsp3) is 0.706. The van der Waals surface area contributed by atoms with Crippen LogP contribution >= 0.6 is 0 Å². The van der Waals surface area contributed by atoms with Gasteiger partial charge in [0.2, 0.25) is 0 Å². The summed E-state index contributed by atoms with van der Waals surface area (Å²) >= 11 is 0. The first-order chi connectivity index (χ1) is 9.63. The Labute approximate surface area is 124 Å². The summed E-state index contributed by atoms with van der Waals surface area (Å²) in [5, 5.41) is 0. The maximum atomic E-state index is 11.3. The number of ketones is 1. The third-order valence-electron chi connectivity index (χ3n) is 3.19. The van der Waals surface area contributed by atoms with Crippen molar-refractivity contribution in [1.82, 2.24) is 4.90 Å². The lowest BCUT2D eigenvalue weighted by Gasteiger charge is -2.18. The van der Waals surface area contributed by atoms with Crippen LogP contribution in [-0.2, 0) is 9.53 Å². The van der Waals surface area contributed by atoms with E-state index in [4.69, 9.17) is 4.74 Å². The van der Waals surface area contributed by atoms with Gasteiger partial charge in [0, 0.05) is 0 Å². The summed E-state index contributed by atoms with van der Waals surface area (Å²) in [4.78, 5) is 13.2. The molecule has 0 saturated carbocycles. The van der Waals surface area contributed by atoms with Crippen molar-refractivity contribution in [3.05, 3.63) is 24.5 Å². The van der Waals surface area contributed by atoms with Crippen LogP contribution in [0.1, 0.15) is 52.4 Å². The maximum absolute atomic E-state index is 11.3. The van der Waals surface area contributed by atoms with Gasteiger partial charge in [-0.05, 0) is 32.5 Å². The highest BCUT2D eigenvalue weighted by Gasteiger charge is 2.06. The molecular formula is C17H31NO2. The molecule has 0 aromatic carbocycles. The van der Waals surface area contributed by atoms with Crippen LogP contribution < -0.4 is 0 Å². The first-order valence-electron chi connectivity index (χ1n) is 7.75. The molecule has 0 bridgehead atoms. The second-order valence-corrected chi connectivity index (χ2v) is 5.21. The number of hydrogen-bond donors (Lipinski definition) is 0. The molecule has 0 saturated heterocycles. The van der Waals surface area contributed by atoms with Crippen LogP contribution in [0.2, 0.25) is 0 Å². The topological polar surface area (TPSA) is 29.5 Å². The smallest absolute Gasteiger partial charge is 0.169 e. The second kappa shape index (κ2) is 12.9. The Morgan fingerprint density at radius 1 is 1.15 bits per heavy atom.